The van der Waals surface area contributed by atoms with Crippen molar-refractivity contribution in [3.05, 3.63) is 12.2 Å². The van der Waals surface area contributed by atoms with Gasteiger partial charge in [0.05, 0.1) is 13.2 Å². The van der Waals surface area contributed by atoms with Gasteiger partial charge in [-0.2, -0.15) is 0 Å². The number of carbonyl (C=O) groups is 2. The predicted molar refractivity (Wildman–Crippen MR) is 72.5 cm³/mol. The lowest BCUT2D eigenvalue weighted by Crippen LogP contribution is -2.22. The molecule has 0 bridgehead atoms. The molecule has 108 valence electrons. The van der Waals surface area contributed by atoms with Crippen molar-refractivity contribution >= 4 is 11.9 Å². The van der Waals surface area contributed by atoms with E-state index in [4.69, 9.17) is 9.47 Å². The molecular formula is C15H24O4. The Morgan fingerprint density at radius 3 is 2.47 bits per heavy atom. The van der Waals surface area contributed by atoms with Gasteiger partial charge in [0.2, 0.25) is 0 Å². The summed E-state index contributed by atoms with van der Waals surface area (Å²) in [5, 5.41) is 0. The van der Waals surface area contributed by atoms with Crippen LogP contribution in [0.25, 0.3) is 0 Å². The second-order valence-electron chi connectivity index (χ2n) is 5.41. The third-order valence-electron chi connectivity index (χ3n) is 3.52. The van der Waals surface area contributed by atoms with Gasteiger partial charge in [-0.25, -0.2) is 4.79 Å². The molecule has 1 aliphatic carbocycles. The van der Waals surface area contributed by atoms with Crippen molar-refractivity contribution in [2.75, 3.05) is 13.2 Å². The van der Waals surface area contributed by atoms with Crippen LogP contribution < -0.4 is 0 Å². The number of esters is 2. The monoisotopic (exact) mass is 268 g/mol. The van der Waals surface area contributed by atoms with Gasteiger partial charge in [-0.3, -0.25) is 4.79 Å². The molecule has 0 aromatic carbocycles. The van der Waals surface area contributed by atoms with E-state index >= 15 is 0 Å². The van der Waals surface area contributed by atoms with Crippen molar-refractivity contribution in [1.29, 1.82) is 0 Å². The van der Waals surface area contributed by atoms with E-state index in [1.165, 1.54) is 13.3 Å². The van der Waals surface area contributed by atoms with Crippen LogP contribution in [0.4, 0.5) is 0 Å². The average Bonchev–Trinajstić information content (AvgIpc) is 2.36. The number of carbonyl (C=O) groups excluding carboxylic acids is 2. The van der Waals surface area contributed by atoms with Gasteiger partial charge in [0.1, 0.15) is 0 Å². The van der Waals surface area contributed by atoms with Crippen molar-refractivity contribution in [3.63, 3.8) is 0 Å². The molecule has 0 N–H and O–H groups in total. The second-order valence-corrected chi connectivity index (χ2v) is 5.41. The van der Waals surface area contributed by atoms with E-state index in [-0.39, 0.29) is 11.9 Å². The van der Waals surface area contributed by atoms with Crippen LogP contribution in [0.15, 0.2) is 12.2 Å². The summed E-state index contributed by atoms with van der Waals surface area (Å²) < 4.78 is 10.2. The lowest BCUT2D eigenvalue weighted by atomic mass is 9.80. The number of hydrogen-bond acceptors (Lipinski definition) is 4. The zero-order valence-corrected chi connectivity index (χ0v) is 11.9. The maximum absolute atomic E-state index is 11.3. The van der Waals surface area contributed by atoms with Crippen molar-refractivity contribution in [2.45, 2.75) is 46.0 Å². The molecule has 19 heavy (non-hydrogen) atoms. The van der Waals surface area contributed by atoms with Gasteiger partial charge < -0.3 is 9.47 Å². The molecule has 4 heteroatoms. The summed E-state index contributed by atoms with van der Waals surface area (Å²) >= 11 is 0. The molecule has 0 aromatic heterocycles. The van der Waals surface area contributed by atoms with Crippen LogP contribution in [0.2, 0.25) is 0 Å². The summed E-state index contributed by atoms with van der Waals surface area (Å²) in [6, 6.07) is 0. The predicted octanol–water partition coefficient (Wildman–Crippen LogP) is 2.87. The van der Waals surface area contributed by atoms with Crippen LogP contribution in [0.3, 0.4) is 0 Å². The average molecular weight is 268 g/mol. The number of hydrogen-bond donors (Lipinski definition) is 0. The molecule has 0 aromatic rings. The van der Waals surface area contributed by atoms with E-state index in [1.807, 2.05) is 0 Å². The van der Waals surface area contributed by atoms with E-state index in [2.05, 4.69) is 6.58 Å². The first-order valence-electron chi connectivity index (χ1n) is 6.95. The lowest BCUT2D eigenvalue weighted by molar-refractivity contribution is -0.142. The molecule has 4 nitrogen and oxygen atoms in total. The Kier molecular flexibility index (Phi) is 6.60. The van der Waals surface area contributed by atoms with E-state index in [0.29, 0.717) is 30.6 Å². The van der Waals surface area contributed by atoms with Gasteiger partial charge in [-0.05, 0) is 38.0 Å². The summed E-state index contributed by atoms with van der Waals surface area (Å²) in [5.41, 5.74) is 0.446. The van der Waals surface area contributed by atoms with Gasteiger partial charge in [-0.1, -0.05) is 19.4 Å². The standard InChI is InChI=1S/C15H24O4/c1-11(2)15(17)19-10-14-6-4-5-13(9-14)7-8-18-12(3)16/h13-14H,1,4-10H2,2-3H3. The van der Waals surface area contributed by atoms with Crippen molar-refractivity contribution in [1.82, 2.24) is 0 Å². The van der Waals surface area contributed by atoms with Gasteiger partial charge >= 0.3 is 11.9 Å². The quantitative estimate of drug-likeness (QED) is 0.549. The maximum atomic E-state index is 11.3. The Balaban J connectivity index is 2.24. The summed E-state index contributed by atoms with van der Waals surface area (Å²) in [7, 11) is 0. The van der Waals surface area contributed by atoms with Crippen LogP contribution >= 0.6 is 0 Å². The highest BCUT2D eigenvalue weighted by molar-refractivity contribution is 5.86. The normalized spacial score (nSPS) is 22.6. The fourth-order valence-corrected chi connectivity index (χ4v) is 2.50. The van der Waals surface area contributed by atoms with Gasteiger partial charge in [0, 0.05) is 12.5 Å². The molecule has 1 aliphatic rings. The molecule has 0 spiro atoms. The first-order chi connectivity index (χ1) is 8.99. The zero-order valence-electron chi connectivity index (χ0n) is 11.9. The van der Waals surface area contributed by atoms with Crippen molar-refractivity contribution in [3.8, 4) is 0 Å². The molecular weight excluding hydrogens is 244 g/mol. The summed E-state index contributed by atoms with van der Waals surface area (Å²) in [5.74, 6) is 0.478. The maximum Gasteiger partial charge on any atom is 0.333 e. The zero-order chi connectivity index (χ0) is 14.3. The van der Waals surface area contributed by atoms with Crippen LogP contribution in [-0.4, -0.2) is 25.2 Å². The van der Waals surface area contributed by atoms with Crippen molar-refractivity contribution in [2.24, 2.45) is 11.8 Å². The van der Waals surface area contributed by atoms with Crippen LogP contribution in [0.1, 0.15) is 46.0 Å². The Bertz CT molecular complexity index is 335. The third-order valence-corrected chi connectivity index (χ3v) is 3.52. The van der Waals surface area contributed by atoms with Gasteiger partial charge in [-0.15, -0.1) is 0 Å². The summed E-state index contributed by atoms with van der Waals surface area (Å²) in [6.07, 6.45) is 5.38. The van der Waals surface area contributed by atoms with Crippen LogP contribution in [-0.2, 0) is 19.1 Å². The molecule has 1 rings (SSSR count). The van der Waals surface area contributed by atoms with E-state index in [9.17, 15) is 9.59 Å². The number of rotatable bonds is 6. The highest BCUT2D eigenvalue weighted by Crippen LogP contribution is 2.31. The first-order valence-corrected chi connectivity index (χ1v) is 6.95. The smallest absolute Gasteiger partial charge is 0.333 e. The molecule has 2 unspecified atom stereocenters. The fraction of sp³-hybridized carbons (Fsp3) is 0.733. The Morgan fingerprint density at radius 1 is 1.16 bits per heavy atom. The number of ether oxygens (including phenoxy) is 2. The molecule has 0 aliphatic heterocycles. The minimum atomic E-state index is -0.304. The molecule has 0 heterocycles. The Labute approximate surface area is 115 Å². The highest BCUT2D eigenvalue weighted by atomic mass is 16.5. The first kappa shape index (κ1) is 15.7. The second kappa shape index (κ2) is 7.97. The SMILES string of the molecule is C=C(C)C(=O)OCC1CCCC(CCOC(C)=O)C1. The van der Waals surface area contributed by atoms with E-state index in [0.717, 1.165) is 25.7 Å². The highest BCUT2D eigenvalue weighted by Gasteiger charge is 2.23. The van der Waals surface area contributed by atoms with Gasteiger partial charge in [0.15, 0.2) is 0 Å². The molecule has 1 saturated carbocycles. The van der Waals surface area contributed by atoms with E-state index < -0.39 is 0 Å². The minimum absolute atomic E-state index is 0.220. The third kappa shape index (κ3) is 6.41. The summed E-state index contributed by atoms with van der Waals surface area (Å²) in [6.45, 7) is 7.64. The molecule has 0 amide bonds. The molecule has 1 fully saturated rings. The molecule has 0 saturated heterocycles. The lowest BCUT2D eigenvalue weighted by Gasteiger charge is -2.28. The molecule has 2 atom stereocenters. The minimum Gasteiger partial charge on any atom is -0.466 e. The Morgan fingerprint density at radius 2 is 1.84 bits per heavy atom. The Hall–Kier alpha value is -1.32. The van der Waals surface area contributed by atoms with Crippen LogP contribution in [0, 0.1) is 11.8 Å². The van der Waals surface area contributed by atoms with E-state index in [1.54, 1.807) is 6.92 Å². The molecule has 0 radical (unpaired) electrons. The van der Waals surface area contributed by atoms with Gasteiger partial charge in [0.25, 0.3) is 0 Å². The fourth-order valence-electron chi connectivity index (χ4n) is 2.50. The van der Waals surface area contributed by atoms with Crippen molar-refractivity contribution < 1.29 is 19.1 Å². The largest absolute Gasteiger partial charge is 0.466 e. The summed E-state index contributed by atoms with van der Waals surface area (Å²) in [4.78, 5) is 22.0. The topological polar surface area (TPSA) is 52.6 Å². The van der Waals surface area contributed by atoms with Crippen LogP contribution in [0.5, 0.6) is 0 Å².